The minimum atomic E-state index is -1.06. The Labute approximate surface area is 207 Å². The van der Waals surface area contributed by atoms with Crippen LogP contribution in [0.1, 0.15) is 91.4 Å². The number of carbonyl (C=O) groups excluding carboxylic acids is 3. The van der Waals surface area contributed by atoms with Crippen molar-refractivity contribution in [2.75, 3.05) is 11.9 Å². The number of hydrogen-bond acceptors (Lipinski definition) is 4. The standard InChI is InChI=1S/C27H37N5O3/c1-5-7-15-31-25(34)22-16-21(24(33)29-23-18(3)11-10-12-19(23)6-2)30-32(22)17-27(31,4)26(35)28-20-13-8-9-14-20/h10-12,16,20H,5-9,13-15,17H2,1-4H3,(H,28,35)(H,29,33). The Morgan fingerprint density at radius 3 is 2.63 bits per heavy atom. The lowest BCUT2D eigenvalue weighted by Crippen LogP contribution is -2.65. The highest BCUT2D eigenvalue weighted by Crippen LogP contribution is 2.30. The molecule has 1 unspecified atom stereocenters. The molecule has 8 heteroatoms. The number of hydrogen-bond donors (Lipinski definition) is 2. The molecule has 4 rings (SSSR count). The minimum absolute atomic E-state index is 0.145. The van der Waals surface area contributed by atoms with Gasteiger partial charge in [-0.2, -0.15) is 5.10 Å². The number of rotatable bonds is 8. The third-order valence-corrected chi connectivity index (χ3v) is 7.42. The van der Waals surface area contributed by atoms with Crippen LogP contribution >= 0.6 is 0 Å². The quantitative estimate of drug-likeness (QED) is 0.596. The summed E-state index contributed by atoms with van der Waals surface area (Å²) in [4.78, 5) is 41.9. The van der Waals surface area contributed by atoms with E-state index in [0.717, 1.165) is 61.8 Å². The molecular formula is C27H37N5O3. The lowest BCUT2D eigenvalue weighted by Gasteiger charge is -2.43. The number of benzene rings is 1. The predicted octanol–water partition coefficient (Wildman–Crippen LogP) is 4.08. The molecule has 35 heavy (non-hydrogen) atoms. The van der Waals surface area contributed by atoms with E-state index in [1.165, 1.54) is 4.68 Å². The molecule has 8 nitrogen and oxygen atoms in total. The molecule has 1 atom stereocenters. The highest BCUT2D eigenvalue weighted by molar-refractivity contribution is 6.06. The molecule has 0 radical (unpaired) electrons. The summed E-state index contributed by atoms with van der Waals surface area (Å²) in [7, 11) is 0. The van der Waals surface area contributed by atoms with Gasteiger partial charge in [0.15, 0.2) is 5.69 Å². The van der Waals surface area contributed by atoms with Gasteiger partial charge in [0.2, 0.25) is 5.91 Å². The van der Waals surface area contributed by atoms with Gasteiger partial charge in [0.1, 0.15) is 11.2 Å². The molecule has 1 aromatic carbocycles. The lowest BCUT2D eigenvalue weighted by molar-refractivity contribution is -0.133. The summed E-state index contributed by atoms with van der Waals surface area (Å²) in [6.45, 7) is 8.58. The maximum atomic E-state index is 13.6. The summed E-state index contributed by atoms with van der Waals surface area (Å²) < 4.78 is 1.53. The SMILES string of the molecule is CCCCN1C(=O)c2cc(C(=O)Nc3c(C)cccc3CC)nn2CC1(C)C(=O)NC1CCCC1. The number of carbonyl (C=O) groups is 3. The molecule has 188 valence electrons. The minimum Gasteiger partial charge on any atom is -0.351 e. The Balaban J connectivity index is 1.62. The fraction of sp³-hybridized carbons (Fsp3) is 0.556. The molecule has 2 N–H and O–H groups in total. The number of nitrogens with one attached hydrogen (secondary N) is 2. The normalized spacial score (nSPS) is 20.1. The predicted molar refractivity (Wildman–Crippen MR) is 135 cm³/mol. The van der Waals surface area contributed by atoms with Gasteiger partial charge in [-0.05, 0) is 50.7 Å². The van der Waals surface area contributed by atoms with Gasteiger partial charge in [-0.3, -0.25) is 19.1 Å². The summed E-state index contributed by atoms with van der Waals surface area (Å²) >= 11 is 0. The van der Waals surface area contributed by atoms with Crippen LogP contribution in [0.15, 0.2) is 24.3 Å². The molecule has 0 spiro atoms. The Hall–Kier alpha value is -3.16. The van der Waals surface area contributed by atoms with Crippen molar-refractivity contribution in [3.63, 3.8) is 0 Å². The Morgan fingerprint density at radius 2 is 1.94 bits per heavy atom. The van der Waals surface area contributed by atoms with E-state index >= 15 is 0 Å². The van der Waals surface area contributed by atoms with Gasteiger partial charge < -0.3 is 15.5 Å². The van der Waals surface area contributed by atoms with Gasteiger partial charge in [0, 0.05) is 24.3 Å². The van der Waals surface area contributed by atoms with Crippen LogP contribution in [0.25, 0.3) is 0 Å². The number of aromatic nitrogens is 2. The number of fused-ring (bicyclic) bond motifs is 1. The van der Waals surface area contributed by atoms with Gasteiger partial charge in [-0.25, -0.2) is 0 Å². The van der Waals surface area contributed by atoms with Crippen LogP contribution in [0, 0.1) is 6.92 Å². The fourth-order valence-electron chi connectivity index (χ4n) is 5.21. The molecule has 1 aliphatic carbocycles. The van der Waals surface area contributed by atoms with E-state index in [2.05, 4.69) is 22.7 Å². The third-order valence-electron chi connectivity index (χ3n) is 7.42. The van der Waals surface area contributed by atoms with Crippen molar-refractivity contribution in [1.29, 1.82) is 0 Å². The van der Waals surface area contributed by atoms with Gasteiger partial charge in [-0.15, -0.1) is 0 Å². The number of nitrogens with zero attached hydrogens (tertiary/aromatic N) is 3. The number of amides is 3. The topological polar surface area (TPSA) is 96.3 Å². The average Bonchev–Trinajstić information content (AvgIpc) is 3.50. The van der Waals surface area contributed by atoms with E-state index in [4.69, 9.17) is 0 Å². The molecule has 2 aliphatic rings. The van der Waals surface area contributed by atoms with E-state index in [1.807, 2.05) is 39.0 Å². The van der Waals surface area contributed by atoms with Crippen molar-refractivity contribution >= 4 is 23.4 Å². The van der Waals surface area contributed by atoms with Crippen LogP contribution in [-0.4, -0.2) is 50.5 Å². The summed E-state index contributed by atoms with van der Waals surface area (Å²) in [5, 5.41) is 10.6. The molecule has 1 aliphatic heterocycles. The lowest BCUT2D eigenvalue weighted by atomic mass is 9.94. The highest BCUT2D eigenvalue weighted by atomic mass is 16.2. The van der Waals surface area contributed by atoms with Crippen molar-refractivity contribution in [3.8, 4) is 0 Å². The molecule has 2 aromatic rings. The zero-order valence-electron chi connectivity index (χ0n) is 21.3. The van der Waals surface area contributed by atoms with Crippen molar-refractivity contribution in [2.24, 2.45) is 0 Å². The average molecular weight is 480 g/mol. The van der Waals surface area contributed by atoms with Crippen LogP contribution in [-0.2, 0) is 17.8 Å². The summed E-state index contributed by atoms with van der Waals surface area (Å²) in [5.74, 6) is -0.764. The van der Waals surface area contributed by atoms with E-state index in [9.17, 15) is 14.4 Å². The van der Waals surface area contributed by atoms with Crippen LogP contribution in [0.5, 0.6) is 0 Å². The number of anilines is 1. The molecule has 0 saturated heterocycles. The fourth-order valence-corrected chi connectivity index (χ4v) is 5.21. The Bertz CT molecular complexity index is 1120. The van der Waals surface area contributed by atoms with E-state index in [1.54, 1.807) is 11.0 Å². The van der Waals surface area contributed by atoms with Crippen LogP contribution in [0.3, 0.4) is 0 Å². The number of para-hydroxylation sites is 1. The molecule has 3 amide bonds. The van der Waals surface area contributed by atoms with E-state index in [-0.39, 0.29) is 36.0 Å². The highest BCUT2D eigenvalue weighted by Gasteiger charge is 2.48. The van der Waals surface area contributed by atoms with Crippen LogP contribution in [0.2, 0.25) is 0 Å². The first-order chi connectivity index (χ1) is 16.8. The zero-order valence-corrected chi connectivity index (χ0v) is 21.3. The zero-order chi connectivity index (χ0) is 25.2. The first kappa shape index (κ1) is 24.9. The van der Waals surface area contributed by atoms with Gasteiger partial charge >= 0.3 is 0 Å². The largest absolute Gasteiger partial charge is 0.351 e. The third kappa shape index (κ3) is 4.83. The molecule has 2 heterocycles. The van der Waals surface area contributed by atoms with Gasteiger partial charge in [0.05, 0.1) is 6.54 Å². The maximum Gasteiger partial charge on any atom is 0.276 e. The monoisotopic (exact) mass is 479 g/mol. The maximum absolute atomic E-state index is 13.6. The second kappa shape index (κ2) is 10.2. The smallest absolute Gasteiger partial charge is 0.276 e. The molecule has 1 aromatic heterocycles. The number of aryl methyl sites for hydroxylation is 2. The van der Waals surface area contributed by atoms with Crippen molar-refractivity contribution in [1.82, 2.24) is 20.0 Å². The summed E-state index contributed by atoms with van der Waals surface area (Å²) in [6.07, 6.45) is 6.67. The Kier molecular flexibility index (Phi) is 7.28. The van der Waals surface area contributed by atoms with Crippen molar-refractivity contribution < 1.29 is 14.4 Å². The molecule has 0 bridgehead atoms. The first-order valence-corrected chi connectivity index (χ1v) is 12.9. The van der Waals surface area contributed by atoms with Gasteiger partial charge in [-0.1, -0.05) is 51.3 Å². The van der Waals surface area contributed by atoms with Crippen LogP contribution < -0.4 is 10.6 Å². The van der Waals surface area contributed by atoms with E-state index < -0.39 is 5.54 Å². The molecule has 1 fully saturated rings. The van der Waals surface area contributed by atoms with Crippen molar-refractivity contribution in [2.45, 2.75) is 90.8 Å². The Morgan fingerprint density at radius 1 is 1.20 bits per heavy atom. The van der Waals surface area contributed by atoms with Crippen molar-refractivity contribution in [3.05, 3.63) is 46.8 Å². The second-order valence-electron chi connectivity index (χ2n) is 10.0. The summed E-state index contributed by atoms with van der Waals surface area (Å²) in [6, 6.07) is 7.63. The summed E-state index contributed by atoms with van der Waals surface area (Å²) in [5.41, 5.74) is 2.25. The van der Waals surface area contributed by atoms with E-state index in [0.29, 0.717) is 12.2 Å². The first-order valence-electron chi connectivity index (χ1n) is 12.9. The molecule has 1 saturated carbocycles. The second-order valence-corrected chi connectivity index (χ2v) is 10.0. The van der Waals surface area contributed by atoms with Gasteiger partial charge in [0.25, 0.3) is 11.8 Å². The molecular weight excluding hydrogens is 442 g/mol. The number of unbranched alkanes of at least 4 members (excludes halogenated alkanes) is 1. The van der Waals surface area contributed by atoms with Crippen LogP contribution in [0.4, 0.5) is 5.69 Å².